The van der Waals surface area contributed by atoms with Gasteiger partial charge in [0.15, 0.2) is 0 Å². The highest BCUT2D eigenvalue weighted by Crippen LogP contribution is 2.12. The average molecular weight is 162 g/mol. The van der Waals surface area contributed by atoms with Crippen molar-refractivity contribution in [2.24, 2.45) is 4.99 Å². The highest BCUT2D eigenvalue weighted by molar-refractivity contribution is 5.60. The third-order valence-electron chi connectivity index (χ3n) is 1.44. The Labute approximate surface area is 73.5 Å². The van der Waals surface area contributed by atoms with Gasteiger partial charge < -0.3 is 4.90 Å². The summed E-state index contributed by atoms with van der Waals surface area (Å²) in [5.41, 5.74) is 2.24. The quantitative estimate of drug-likeness (QED) is 0.481. The van der Waals surface area contributed by atoms with Crippen molar-refractivity contribution in [3.63, 3.8) is 0 Å². The minimum Gasteiger partial charge on any atom is -0.369 e. The maximum atomic E-state index is 4.27. The SMILES string of the molecule is Cc1cccc(N=CN(C)C)c1. The first-order valence-corrected chi connectivity index (χ1v) is 3.96. The smallest absolute Gasteiger partial charge is 0.0907 e. The Bertz CT molecular complexity index is 277. The first kappa shape index (κ1) is 8.78. The van der Waals surface area contributed by atoms with Crippen molar-refractivity contribution in [1.82, 2.24) is 4.90 Å². The van der Waals surface area contributed by atoms with Gasteiger partial charge in [0.25, 0.3) is 0 Å². The number of nitrogens with zero attached hydrogens (tertiary/aromatic N) is 2. The molecule has 0 unspecified atom stereocenters. The second-order valence-electron chi connectivity index (χ2n) is 3.05. The highest BCUT2D eigenvalue weighted by Gasteiger charge is 1.87. The molecule has 0 radical (unpaired) electrons. The van der Waals surface area contributed by atoms with Crippen LogP contribution >= 0.6 is 0 Å². The first-order valence-electron chi connectivity index (χ1n) is 3.96. The van der Waals surface area contributed by atoms with Gasteiger partial charge in [0, 0.05) is 14.1 Å². The van der Waals surface area contributed by atoms with Crippen LogP contribution in [-0.4, -0.2) is 25.3 Å². The molecule has 2 nitrogen and oxygen atoms in total. The van der Waals surface area contributed by atoms with Gasteiger partial charge in [-0.3, -0.25) is 0 Å². The molecule has 0 aromatic heterocycles. The second-order valence-corrected chi connectivity index (χ2v) is 3.05. The molecule has 0 aliphatic rings. The van der Waals surface area contributed by atoms with Crippen molar-refractivity contribution in [2.75, 3.05) is 14.1 Å². The van der Waals surface area contributed by atoms with Crippen molar-refractivity contribution >= 4 is 12.0 Å². The Morgan fingerprint density at radius 1 is 1.33 bits per heavy atom. The van der Waals surface area contributed by atoms with Crippen molar-refractivity contribution in [3.05, 3.63) is 29.8 Å². The Balaban J connectivity index is 2.76. The Kier molecular flexibility index (Phi) is 2.86. The van der Waals surface area contributed by atoms with E-state index < -0.39 is 0 Å². The summed E-state index contributed by atoms with van der Waals surface area (Å²) < 4.78 is 0. The summed E-state index contributed by atoms with van der Waals surface area (Å²) in [6.07, 6.45) is 1.80. The maximum Gasteiger partial charge on any atom is 0.0907 e. The normalized spacial score (nSPS) is 10.6. The average Bonchev–Trinajstić information content (AvgIpc) is 2.01. The van der Waals surface area contributed by atoms with Crippen LogP contribution in [0.3, 0.4) is 0 Å². The van der Waals surface area contributed by atoms with Gasteiger partial charge >= 0.3 is 0 Å². The lowest BCUT2D eigenvalue weighted by Crippen LogP contribution is -2.06. The third kappa shape index (κ3) is 2.74. The molecule has 0 amide bonds. The molecule has 0 aliphatic heterocycles. The minimum atomic E-state index is 1.00. The van der Waals surface area contributed by atoms with Crippen molar-refractivity contribution in [2.45, 2.75) is 6.92 Å². The molecule has 1 rings (SSSR count). The first-order chi connectivity index (χ1) is 5.68. The zero-order valence-corrected chi connectivity index (χ0v) is 7.78. The molecule has 0 bridgehead atoms. The van der Waals surface area contributed by atoms with Crippen LogP contribution in [0.4, 0.5) is 5.69 Å². The summed E-state index contributed by atoms with van der Waals surface area (Å²) in [6, 6.07) is 8.12. The number of hydrogen-bond acceptors (Lipinski definition) is 1. The lowest BCUT2D eigenvalue weighted by atomic mass is 10.2. The summed E-state index contributed by atoms with van der Waals surface area (Å²) in [5.74, 6) is 0. The highest BCUT2D eigenvalue weighted by atomic mass is 15.1. The van der Waals surface area contributed by atoms with E-state index in [1.54, 1.807) is 6.34 Å². The molecule has 12 heavy (non-hydrogen) atoms. The minimum absolute atomic E-state index is 1.00. The number of rotatable bonds is 2. The third-order valence-corrected chi connectivity index (χ3v) is 1.44. The number of aliphatic imine (C=N–C) groups is 1. The maximum absolute atomic E-state index is 4.27. The molecule has 2 heteroatoms. The fourth-order valence-corrected chi connectivity index (χ4v) is 0.890. The van der Waals surface area contributed by atoms with Gasteiger partial charge in [-0.15, -0.1) is 0 Å². The fraction of sp³-hybridized carbons (Fsp3) is 0.300. The molecule has 0 N–H and O–H groups in total. The summed E-state index contributed by atoms with van der Waals surface area (Å²) >= 11 is 0. The molecule has 1 aromatic carbocycles. The van der Waals surface area contributed by atoms with Crippen LogP contribution in [0.25, 0.3) is 0 Å². The molecule has 0 saturated heterocycles. The van der Waals surface area contributed by atoms with Crippen LogP contribution < -0.4 is 0 Å². The molecule has 0 atom stereocenters. The van der Waals surface area contributed by atoms with Crippen molar-refractivity contribution < 1.29 is 0 Å². The molecule has 0 spiro atoms. The van der Waals surface area contributed by atoms with E-state index in [0.717, 1.165) is 5.69 Å². The van der Waals surface area contributed by atoms with Crippen molar-refractivity contribution in [1.29, 1.82) is 0 Å². The Hall–Kier alpha value is -1.31. The van der Waals surface area contributed by atoms with Crippen LogP contribution in [-0.2, 0) is 0 Å². The number of benzene rings is 1. The van der Waals surface area contributed by atoms with Gasteiger partial charge in [0.2, 0.25) is 0 Å². The van der Waals surface area contributed by atoms with E-state index in [2.05, 4.69) is 24.0 Å². The molecule has 1 aromatic rings. The molecular formula is C10H14N2. The zero-order chi connectivity index (χ0) is 8.97. The van der Waals surface area contributed by atoms with E-state index in [0.29, 0.717) is 0 Å². The van der Waals surface area contributed by atoms with E-state index in [4.69, 9.17) is 0 Å². The van der Waals surface area contributed by atoms with E-state index >= 15 is 0 Å². The monoisotopic (exact) mass is 162 g/mol. The molecule has 0 heterocycles. The predicted molar refractivity (Wildman–Crippen MR) is 53.0 cm³/mol. The number of aryl methyl sites for hydroxylation is 1. The van der Waals surface area contributed by atoms with Gasteiger partial charge in [-0.1, -0.05) is 12.1 Å². The topological polar surface area (TPSA) is 15.6 Å². The van der Waals surface area contributed by atoms with Gasteiger partial charge in [-0.25, -0.2) is 4.99 Å². The summed E-state index contributed by atoms with van der Waals surface area (Å²) in [4.78, 5) is 6.19. The van der Waals surface area contributed by atoms with E-state index in [-0.39, 0.29) is 0 Å². The lowest BCUT2D eigenvalue weighted by Gasteiger charge is -2.02. The zero-order valence-electron chi connectivity index (χ0n) is 7.78. The van der Waals surface area contributed by atoms with Gasteiger partial charge in [0.05, 0.1) is 12.0 Å². The molecule has 0 fully saturated rings. The van der Waals surface area contributed by atoms with E-state index in [9.17, 15) is 0 Å². The summed E-state index contributed by atoms with van der Waals surface area (Å²) in [6.45, 7) is 2.06. The van der Waals surface area contributed by atoms with Crippen LogP contribution in [0.2, 0.25) is 0 Å². The van der Waals surface area contributed by atoms with Gasteiger partial charge in [0.1, 0.15) is 0 Å². The van der Waals surface area contributed by atoms with Crippen LogP contribution in [0.1, 0.15) is 5.56 Å². The molecule has 64 valence electrons. The van der Waals surface area contributed by atoms with Crippen molar-refractivity contribution in [3.8, 4) is 0 Å². The number of hydrogen-bond donors (Lipinski definition) is 0. The van der Waals surface area contributed by atoms with E-state index in [1.165, 1.54) is 5.56 Å². The standard InChI is InChI=1S/C10H14N2/c1-9-5-4-6-10(7-9)11-8-12(2)3/h4-8H,1-3H3. The van der Waals surface area contributed by atoms with Gasteiger partial charge in [-0.05, 0) is 24.6 Å². The van der Waals surface area contributed by atoms with Crippen LogP contribution in [0.15, 0.2) is 29.3 Å². The summed E-state index contributed by atoms with van der Waals surface area (Å²) in [7, 11) is 3.92. The predicted octanol–water partition coefficient (Wildman–Crippen LogP) is 2.22. The van der Waals surface area contributed by atoms with E-state index in [1.807, 2.05) is 31.1 Å². The van der Waals surface area contributed by atoms with Crippen LogP contribution in [0.5, 0.6) is 0 Å². The van der Waals surface area contributed by atoms with Crippen LogP contribution in [0, 0.1) is 6.92 Å². The Morgan fingerprint density at radius 2 is 2.08 bits per heavy atom. The van der Waals surface area contributed by atoms with Gasteiger partial charge in [-0.2, -0.15) is 0 Å². The summed E-state index contributed by atoms with van der Waals surface area (Å²) in [5, 5.41) is 0. The molecular weight excluding hydrogens is 148 g/mol. The lowest BCUT2D eigenvalue weighted by molar-refractivity contribution is 0.643. The fourth-order valence-electron chi connectivity index (χ4n) is 0.890. The largest absolute Gasteiger partial charge is 0.369 e. The Morgan fingerprint density at radius 3 is 2.67 bits per heavy atom. The second kappa shape index (κ2) is 3.90. The molecule has 0 saturated carbocycles. The molecule has 0 aliphatic carbocycles.